The average Bonchev–Trinajstić information content (AvgIpc) is 2.64. The lowest BCUT2D eigenvalue weighted by Crippen LogP contribution is -2.31. The van der Waals surface area contributed by atoms with Crippen LogP contribution in [0.4, 0.5) is 5.82 Å². The van der Waals surface area contributed by atoms with Gasteiger partial charge in [0.1, 0.15) is 11.6 Å². The average molecular weight is 338 g/mol. The highest BCUT2D eigenvalue weighted by Crippen LogP contribution is 2.37. The van der Waals surface area contributed by atoms with Crippen LogP contribution < -0.4 is 10.1 Å². The van der Waals surface area contributed by atoms with Crippen LogP contribution in [-0.2, 0) is 17.6 Å². The van der Waals surface area contributed by atoms with Crippen LogP contribution in [0.2, 0.25) is 0 Å². The van der Waals surface area contributed by atoms with Gasteiger partial charge in [0.25, 0.3) is 0 Å². The highest BCUT2D eigenvalue weighted by atomic mass is 16.5. The van der Waals surface area contributed by atoms with Crippen LogP contribution in [0.1, 0.15) is 35.6 Å². The van der Waals surface area contributed by atoms with Crippen LogP contribution in [-0.4, -0.2) is 18.0 Å². The van der Waals surface area contributed by atoms with E-state index in [2.05, 4.69) is 30.2 Å². The summed E-state index contributed by atoms with van der Waals surface area (Å²) in [4.78, 5) is 16.8. The number of hydrogen-bond acceptors (Lipinski definition) is 3. The van der Waals surface area contributed by atoms with Crippen LogP contribution in [0.5, 0.6) is 5.75 Å². The quantitative estimate of drug-likeness (QED) is 0.913. The molecule has 3 rings (SSSR count). The Morgan fingerprint density at radius 1 is 1.32 bits per heavy atom. The maximum Gasteiger partial charge on any atom is 0.228 e. The topological polar surface area (TPSA) is 51.2 Å². The highest BCUT2D eigenvalue weighted by Gasteiger charge is 2.30. The Labute approximate surface area is 149 Å². The first-order valence-electron chi connectivity index (χ1n) is 8.89. The minimum Gasteiger partial charge on any atom is -0.496 e. The summed E-state index contributed by atoms with van der Waals surface area (Å²) in [6, 6.07) is 7.67. The van der Waals surface area contributed by atoms with E-state index in [1.807, 2.05) is 25.1 Å². The molecule has 1 aromatic carbocycles. The number of benzene rings is 1. The second-order valence-corrected chi connectivity index (χ2v) is 6.97. The third-order valence-electron chi connectivity index (χ3n) is 5.50. The van der Waals surface area contributed by atoms with Crippen molar-refractivity contribution in [1.29, 1.82) is 0 Å². The maximum absolute atomic E-state index is 12.6. The third-order valence-corrected chi connectivity index (χ3v) is 5.50. The van der Waals surface area contributed by atoms with E-state index in [1.54, 1.807) is 13.3 Å². The molecule has 4 heteroatoms. The number of anilines is 1. The number of ether oxygens (including phenoxy) is 1. The molecular formula is C21H26N2O2. The van der Waals surface area contributed by atoms with E-state index >= 15 is 0 Å². The van der Waals surface area contributed by atoms with Crippen LogP contribution in [0.15, 0.2) is 30.5 Å². The number of carbonyl (C=O) groups excluding carboxylic acids is 1. The highest BCUT2D eigenvalue weighted by molar-refractivity contribution is 5.91. The van der Waals surface area contributed by atoms with Crippen molar-refractivity contribution < 1.29 is 9.53 Å². The molecule has 2 aromatic rings. The fourth-order valence-electron chi connectivity index (χ4n) is 3.85. The van der Waals surface area contributed by atoms with Crippen molar-refractivity contribution in [2.24, 2.45) is 11.8 Å². The second-order valence-electron chi connectivity index (χ2n) is 6.97. The summed E-state index contributed by atoms with van der Waals surface area (Å²) in [5.41, 5.74) is 5.31. The van der Waals surface area contributed by atoms with Gasteiger partial charge in [-0.25, -0.2) is 4.98 Å². The number of aryl methyl sites for hydroxylation is 1. The van der Waals surface area contributed by atoms with Gasteiger partial charge in [-0.05, 0) is 79.5 Å². The Morgan fingerprint density at radius 2 is 2.12 bits per heavy atom. The van der Waals surface area contributed by atoms with E-state index in [0.29, 0.717) is 11.7 Å². The molecule has 0 fully saturated rings. The Balaban J connectivity index is 1.77. The van der Waals surface area contributed by atoms with Crippen LogP contribution in [0.3, 0.4) is 0 Å². The van der Waals surface area contributed by atoms with Gasteiger partial charge in [0, 0.05) is 12.1 Å². The monoisotopic (exact) mass is 338 g/mol. The molecule has 2 atom stereocenters. The lowest BCUT2D eigenvalue weighted by Gasteiger charge is -2.31. The zero-order valence-electron chi connectivity index (χ0n) is 15.4. The summed E-state index contributed by atoms with van der Waals surface area (Å²) in [6.45, 7) is 6.30. The standard InChI is InChI=1S/C21H26N2O2/c1-13-11-19(25-4)15(3)18-12-16(8-9-17(13)18)14(2)21(24)23-20-7-5-6-10-22-20/h5-7,10-11,14,16H,8-9,12H2,1-4H3,(H,22,23,24)/t14-,16+/m0/s1. The molecule has 0 bridgehead atoms. The fourth-order valence-corrected chi connectivity index (χ4v) is 3.85. The Kier molecular flexibility index (Phi) is 5.07. The van der Waals surface area contributed by atoms with Gasteiger partial charge in [-0.2, -0.15) is 0 Å². The number of rotatable bonds is 4. The zero-order chi connectivity index (χ0) is 18.0. The molecule has 1 aromatic heterocycles. The molecule has 0 saturated carbocycles. The van der Waals surface area contributed by atoms with Gasteiger partial charge >= 0.3 is 0 Å². The summed E-state index contributed by atoms with van der Waals surface area (Å²) < 4.78 is 5.53. The fraction of sp³-hybridized carbons (Fsp3) is 0.429. The molecule has 1 heterocycles. The number of hydrogen-bond donors (Lipinski definition) is 1. The first kappa shape index (κ1) is 17.5. The van der Waals surface area contributed by atoms with Crippen LogP contribution in [0, 0.1) is 25.7 Å². The molecule has 132 valence electrons. The van der Waals surface area contributed by atoms with E-state index < -0.39 is 0 Å². The first-order chi connectivity index (χ1) is 12.0. The lowest BCUT2D eigenvalue weighted by molar-refractivity contribution is -0.121. The van der Waals surface area contributed by atoms with Crippen molar-refractivity contribution in [3.63, 3.8) is 0 Å². The number of nitrogens with one attached hydrogen (secondary N) is 1. The number of pyridine rings is 1. The van der Waals surface area contributed by atoms with E-state index in [1.165, 1.54) is 22.3 Å². The lowest BCUT2D eigenvalue weighted by atomic mass is 9.74. The number of carbonyl (C=O) groups is 1. The molecule has 1 aliphatic rings. The Hall–Kier alpha value is -2.36. The molecule has 0 saturated heterocycles. The van der Waals surface area contributed by atoms with Gasteiger partial charge in [-0.1, -0.05) is 13.0 Å². The van der Waals surface area contributed by atoms with Gasteiger partial charge in [0.2, 0.25) is 5.91 Å². The molecule has 0 radical (unpaired) electrons. The Morgan fingerprint density at radius 3 is 2.80 bits per heavy atom. The van der Waals surface area contributed by atoms with Crippen molar-refractivity contribution in [3.8, 4) is 5.75 Å². The van der Waals surface area contributed by atoms with Gasteiger partial charge in [0.05, 0.1) is 7.11 Å². The van der Waals surface area contributed by atoms with Crippen LogP contribution in [0.25, 0.3) is 0 Å². The molecule has 0 unspecified atom stereocenters. The number of aromatic nitrogens is 1. The van der Waals surface area contributed by atoms with E-state index in [9.17, 15) is 4.79 Å². The number of nitrogens with zero attached hydrogens (tertiary/aromatic N) is 1. The normalized spacial score (nSPS) is 17.5. The van der Waals surface area contributed by atoms with E-state index in [4.69, 9.17) is 4.74 Å². The molecule has 1 amide bonds. The largest absolute Gasteiger partial charge is 0.496 e. The van der Waals surface area contributed by atoms with Gasteiger partial charge < -0.3 is 10.1 Å². The zero-order valence-corrected chi connectivity index (χ0v) is 15.4. The SMILES string of the molecule is COc1cc(C)c2c(c1C)C[C@H]([C@H](C)C(=O)Nc1ccccn1)CC2. The smallest absolute Gasteiger partial charge is 0.228 e. The molecule has 1 aliphatic carbocycles. The van der Waals surface area contributed by atoms with Gasteiger partial charge in [-0.15, -0.1) is 0 Å². The first-order valence-corrected chi connectivity index (χ1v) is 8.89. The molecule has 0 spiro atoms. The van der Waals surface area contributed by atoms with Crippen molar-refractivity contribution >= 4 is 11.7 Å². The maximum atomic E-state index is 12.6. The third kappa shape index (κ3) is 3.53. The summed E-state index contributed by atoms with van der Waals surface area (Å²) in [6.07, 6.45) is 4.68. The number of amides is 1. The minimum absolute atomic E-state index is 0.0458. The van der Waals surface area contributed by atoms with Gasteiger partial charge in [0.15, 0.2) is 0 Å². The Bertz CT molecular complexity index is 771. The predicted molar refractivity (Wildman–Crippen MR) is 100 cm³/mol. The predicted octanol–water partition coefficient (Wildman–Crippen LogP) is 4.09. The minimum atomic E-state index is -0.0546. The molecule has 0 aliphatic heterocycles. The molecule has 1 N–H and O–H groups in total. The van der Waals surface area contributed by atoms with Crippen LogP contribution >= 0.6 is 0 Å². The molecule has 25 heavy (non-hydrogen) atoms. The van der Waals surface area contributed by atoms with Crippen molar-refractivity contribution in [1.82, 2.24) is 4.98 Å². The molecule has 4 nitrogen and oxygen atoms in total. The van der Waals surface area contributed by atoms with Crippen molar-refractivity contribution in [2.45, 2.75) is 40.0 Å². The van der Waals surface area contributed by atoms with Crippen molar-refractivity contribution in [2.75, 3.05) is 12.4 Å². The number of fused-ring (bicyclic) bond motifs is 1. The summed E-state index contributed by atoms with van der Waals surface area (Å²) >= 11 is 0. The van der Waals surface area contributed by atoms with E-state index in [0.717, 1.165) is 25.0 Å². The summed E-state index contributed by atoms with van der Waals surface area (Å²) in [5.74, 6) is 1.89. The molecular weight excluding hydrogens is 312 g/mol. The van der Waals surface area contributed by atoms with E-state index in [-0.39, 0.29) is 11.8 Å². The summed E-state index contributed by atoms with van der Waals surface area (Å²) in [5, 5.41) is 2.94. The summed E-state index contributed by atoms with van der Waals surface area (Å²) in [7, 11) is 1.72. The number of methoxy groups -OCH3 is 1. The van der Waals surface area contributed by atoms with Crippen molar-refractivity contribution in [3.05, 3.63) is 52.7 Å². The van der Waals surface area contributed by atoms with Gasteiger partial charge in [-0.3, -0.25) is 4.79 Å². The second kappa shape index (κ2) is 7.26.